The molecule has 0 aromatic carbocycles. The predicted octanol–water partition coefficient (Wildman–Crippen LogP) is 1.03. The van der Waals surface area contributed by atoms with Crippen molar-refractivity contribution < 1.29 is 8.42 Å². The average molecular weight is 298 g/mol. The van der Waals surface area contributed by atoms with Gasteiger partial charge in [0.1, 0.15) is 4.90 Å². The van der Waals surface area contributed by atoms with E-state index in [1.165, 1.54) is 12.4 Å². The molecule has 2 aromatic heterocycles. The van der Waals surface area contributed by atoms with Crippen LogP contribution in [0.25, 0.3) is 0 Å². The highest BCUT2D eigenvalue weighted by atomic mass is 32.2. The Bertz CT molecular complexity index is 623. The predicted molar refractivity (Wildman–Crippen MR) is 74.3 cm³/mol. The lowest BCUT2D eigenvalue weighted by Gasteiger charge is -2.13. The molecule has 0 fully saturated rings. The van der Waals surface area contributed by atoms with E-state index in [2.05, 4.69) is 14.7 Å². The molecule has 2 heterocycles. The molecule has 0 spiro atoms. The van der Waals surface area contributed by atoms with Crippen molar-refractivity contribution in [3.63, 3.8) is 0 Å². The molecule has 0 aliphatic rings. The van der Waals surface area contributed by atoms with Crippen LogP contribution in [0.15, 0.2) is 34.1 Å². The van der Waals surface area contributed by atoms with Crippen molar-refractivity contribution in [3.8, 4) is 0 Å². The molecule has 102 valence electrons. The van der Waals surface area contributed by atoms with Gasteiger partial charge in [-0.15, -0.1) is 0 Å². The second-order valence-electron chi connectivity index (χ2n) is 4.14. The maximum atomic E-state index is 12.1. The number of thiophene rings is 1. The van der Waals surface area contributed by atoms with Crippen molar-refractivity contribution in [1.29, 1.82) is 0 Å². The number of nitrogens with one attached hydrogen (secondary N) is 1. The summed E-state index contributed by atoms with van der Waals surface area (Å²) >= 11 is 1.59. The minimum atomic E-state index is -3.61. The summed E-state index contributed by atoms with van der Waals surface area (Å²) in [4.78, 5) is 7.37. The van der Waals surface area contributed by atoms with Gasteiger partial charge in [-0.2, -0.15) is 11.3 Å². The summed E-state index contributed by atoms with van der Waals surface area (Å²) < 4.78 is 26.7. The summed E-state index contributed by atoms with van der Waals surface area (Å²) in [5.41, 5.74) is 6.43. The van der Waals surface area contributed by atoms with Crippen molar-refractivity contribution in [2.24, 2.45) is 0 Å². The van der Waals surface area contributed by atoms with Gasteiger partial charge in [-0.1, -0.05) is 0 Å². The molecule has 6 nitrogen and oxygen atoms in total. The molecule has 8 heteroatoms. The summed E-state index contributed by atoms with van der Waals surface area (Å²) in [5.74, 6) is 0.0465. The highest BCUT2D eigenvalue weighted by Crippen LogP contribution is 2.11. The van der Waals surface area contributed by atoms with E-state index in [4.69, 9.17) is 5.73 Å². The number of nitrogens with zero attached hydrogens (tertiary/aromatic N) is 2. The van der Waals surface area contributed by atoms with Gasteiger partial charge >= 0.3 is 0 Å². The van der Waals surface area contributed by atoms with Gasteiger partial charge in [0.25, 0.3) is 0 Å². The van der Waals surface area contributed by atoms with E-state index in [1.54, 1.807) is 11.3 Å². The zero-order chi connectivity index (χ0) is 13.9. The Morgan fingerprint density at radius 1 is 1.42 bits per heavy atom. The number of sulfonamides is 1. The molecule has 1 atom stereocenters. The molecule has 0 aliphatic heterocycles. The number of nitrogens with two attached hydrogens (primary N) is 1. The zero-order valence-corrected chi connectivity index (χ0v) is 11.9. The summed E-state index contributed by atoms with van der Waals surface area (Å²) in [6.45, 7) is 1.81. The standard InChI is InChI=1S/C11H14N4O2S2/c1-8(4-9-2-3-18-7-9)15-19(16,17)10-5-13-11(12)14-6-10/h2-3,5-8,15H,4H2,1H3,(H2,12,13,14). The molecule has 2 aromatic rings. The topological polar surface area (TPSA) is 98.0 Å². The third kappa shape index (κ3) is 3.72. The number of hydrogen-bond acceptors (Lipinski definition) is 6. The first-order chi connectivity index (χ1) is 8.97. The third-order valence-electron chi connectivity index (χ3n) is 2.44. The van der Waals surface area contributed by atoms with Crippen molar-refractivity contribution >= 4 is 27.3 Å². The molecule has 1 unspecified atom stereocenters. The smallest absolute Gasteiger partial charge is 0.243 e. The Balaban J connectivity index is 2.06. The molecule has 0 amide bonds. The van der Waals surface area contributed by atoms with Gasteiger partial charge in [-0.05, 0) is 35.7 Å². The van der Waals surface area contributed by atoms with Crippen LogP contribution < -0.4 is 10.5 Å². The van der Waals surface area contributed by atoms with Crippen LogP contribution in [-0.4, -0.2) is 24.4 Å². The van der Waals surface area contributed by atoms with E-state index in [0.29, 0.717) is 6.42 Å². The van der Waals surface area contributed by atoms with E-state index in [0.717, 1.165) is 5.56 Å². The number of anilines is 1. The molecule has 3 N–H and O–H groups in total. The Labute approximate surface area is 115 Å². The quantitative estimate of drug-likeness (QED) is 0.859. The first-order valence-electron chi connectivity index (χ1n) is 5.58. The van der Waals surface area contributed by atoms with Crippen LogP contribution >= 0.6 is 11.3 Å². The molecule has 0 aliphatic carbocycles. The first-order valence-corrected chi connectivity index (χ1v) is 8.01. The number of nitrogen functional groups attached to an aromatic ring is 1. The van der Waals surface area contributed by atoms with Gasteiger partial charge in [-0.3, -0.25) is 0 Å². The Kier molecular flexibility index (Phi) is 4.13. The van der Waals surface area contributed by atoms with E-state index >= 15 is 0 Å². The minimum absolute atomic E-state index is 0.0128. The maximum absolute atomic E-state index is 12.1. The highest BCUT2D eigenvalue weighted by Gasteiger charge is 2.18. The van der Waals surface area contributed by atoms with E-state index in [1.807, 2.05) is 23.8 Å². The maximum Gasteiger partial charge on any atom is 0.243 e. The lowest BCUT2D eigenvalue weighted by Crippen LogP contribution is -2.34. The monoisotopic (exact) mass is 298 g/mol. The van der Waals surface area contributed by atoms with Gasteiger partial charge in [0.2, 0.25) is 16.0 Å². The molecule has 0 saturated carbocycles. The van der Waals surface area contributed by atoms with Crippen molar-refractivity contribution in [3.05, 3.63) is 34.8 Å². The highest BCUT2D eigenvalue weighted by molar-refractivity contribution is 7.89. The van der Waals surface area contributed by atoms with Crippen LogP contribution in [-0.2, 0) is 16.4 Å². The summed E-state index contributed by atoms with van der Waals surface area (Å²) in [7, 11) is -3.61. The van der Waals surface area contributed by atoms with Gasteiger partial charge in [0, 0.05) is 6.04 Å². The fraction of sp³-hybridized carbons (Fsp3) is 0.273. The fourth-order valence-electron chi connectivity index (χ4n) is 1.60. The lowest BCUT2D eigenvalue weighted by molar-refractivity contribution is 0.559. The van der Waals surface area contributed by atoms with E-state index < -0.39 is 10.0 Å². The van der Waals surface area contributed by atoms with Crippen LogP contribution in [0.1, 0.15) is 12.5 Å². The Morgan fingerprint density at radius 3 is 2.68 bits per heavy atom. The summed E-state index contributed by atoms with van der Waals surface area (Å²) in [6, 6.07) is 1.76. The molecular formula is C11H14N4O2S2. The molecular weight excluding hydrogens is 284 g/mol. The van der Waals surface area contributed by atoms with Gasteiger partial charge in [0.15, 0.2) is 0 Å². The van der Waals surface area contributed by atoms with Gasteiger partial charge in [-0.25, -0.2) is 23.1 Å². The molecule has 0 saturated heterocycles. The molecule has 0 radical (unpaired) electrons. The normalized spacial score (nSPS) is 13.3. The SMILES string of the molecule is CC(Cc1ccsc1)NS(=O)(=O)c1cnc(N)nc1. The second kappa shape index (κ2) is 5.64. The third-order valence-corrected chi connectivity index (χ3v) is 4.71. The van der Waals surface area contributed by atoms with Crippen molar-refractivity contribution in [2.45, 2.75) is 24.3 Å². The molecule has 0 bridgehead atoms. The number of rotatable bonds is 5. The summed E-state index contributed by atoms with van der Waals surface area (Å²) in [5, 5.41) is 3.96. The zero-order valence-electron chi connectivity index (χ0n) is 10.3. The fourth-order valence-corrected chi connectivity index (χ4v) is 3.42. The van der Waals surface area contributed by atoms with Crippen LogP contribution in [0, 0.1) is 0 Å². The van der Waals surface area contributed by atoms with Crippen molar-refractivity contribution in [1.82, 2.24) is 14.7 Å². The molecule has 19 heavy (non-hydrogen) atoms. The van der Waals surface area contributed by atoms with Crippen LogP contribution in [0.3, 0.4) is 0 Å². The lowest BCUT2D eigenvalue weighted by atomic mass is 10.1. The molecule has 2 rings (SSSR count). The van der Waals surface area contributed by atoms with Crippen LogP contribution in [0.4, 0.5) is 5.95 Å². The average Bonchev–Trinajstić information content (AvgIpc) is 2.81. The Hall–Kier alpha value is -1.51. The van der Waals surface area contributed by atoms with E-state index in [-0.39, 0.29) is 16.9 Å². The van der Waals surface area contributed by atoms with Crippen LogP contribution in [0.5, 0.6) is 0 Å². The van der Waals surface area contributed by atoms with Crippen molar-refractivity contribution in [2.75, 3.05) is 5.73 Å². The number of hydrogen-bond donors (Lipinski definition) is 2. The second-order valence-corrected chi connectivity index (χ2v) is 6.63. The largest absolute Gasteiger partial charge is 0.368 e. The first kappa shape index (κ1) is 13.9. The van der Waals surface area contributed by atoms with Gasteiger partial charge < -0.3 is 5.73 Å². The minimum Gasteiger partial charge on any atom is -0.368 e. The van der Waals surface area contributed by atoms with E-state index in [9.17, 15) is 8.42 Å². The summed E-state index contributed by atoms with van der Waals surface area (Å²) in [6.07, 6.45) is 3.03. The van der Waals surface area contributed by atoms with Gasteiger partial charge in [0.05, 0.1) is 12.4 Å². The number of aromatic nitrogens is 2. The van der Waals surface area contributed by atoms with Crippen LogP contribution in [0.2, 0.25) is 0 Å². The Morgan fingerprint density at radius 2 is 2.11 bits per heavy atom.